The van der Waals surface area contributed by atoms with Gasteiger partial charge in [0.25, 0.3) is 0 Å². The molecule has 0 aliphatic rings. The predicted molar refractivity (Wildman–Crippen MR) is 69.3 cm³/mol. The van der Waals surface area contributed by atoms with Crippen LogP contribution in [0.3, 0.4) is 0 Å². The van der Waals surface area contributed by atoms with Crippen LogP contribution in [0.5, 0.6) is 0 Å². The minimum absolute atomic E-state index is 0.119. The summed E-state index contributed by atoms with van der Waals surface area (Å²) >= 11 is 0. The third-order valence-electron chi connectivity index (χ3n) is 2.54. The SMILES string of the molecule is CC(C)C(NCC(=O)Nc1ccc(F)cc1)C(=O)O. The Kier molecular flexibility index (Phi) is 5.44. The van der Waals surface area contributed by atoms with Gasteiger partial charge in [-0.25, -0.2) is 4.39 Å². The molecule has 0 saturated carbocycles. The molecule has 0 fully saturated rings. The molecule has 1 rings (SSSR count). The van der Waals surface area contributed by atoms with Gasteiger partial charge in [-0.15, -0.1) is 0 Å². The van der Waals surface area contributed by atoms with Crippen LogP contribution in [0, 0.1) is 11.7 Å². The van der Waals surface area contributed by atoms with Gasteiger partial charge < -0.3 is 10.4 Å². The van der Waals surface area contributed by atoms with E-state index in [1.54, 1.807) is 13.8 Å². The maximum absolute atomic E-state index is 12.7. The van der Waals surface area contributed by atoms with E-state index in [1.165, 1.54) is 24.3 Å². The van der Waals surface area contributed by atoms with Gasteiger partial charge in [-0.3, -0.25) is 14.9 Å². The van der Waals surface area contributed by atoms with Crippen LogP contribution in [-0.4, -0.2) is 29.6 Å². The first-order valence-corrected chi connectivity index (χ1v) is 5.91. The summed E-state index contributed by atoms with van der Waals surface area (Å²) in [5.41, 5.74) is 0.463. The van der Waals surface area contributed by atoms with Gasteiger partial charge in [-0.1, -0.05) is 13.8 Å². The largest absolute Gasteiger partial charge is 0.480 e. The molecule has 6 heteroatoms. The van der Waals surface area contributed by atoms with Crippen molar-refractivity contribution in [2.75, 3.05) is 11.9 Å². The third-order valence-corrected chi connectivity index (χ3v) is 2.54. The third kappa shape index (κ3) is 5.05. The lowest BCUT2D eigenvalue weighted by Crippen LogP contribution is -2.44. The Labute approximate surface area is 110 Å². The quantitative estimate of drug-likeness (QED) is 0.730. The van der Waals surface area contributed by atoms with Gasteiger partial charge in [-0.05, 0) is 30.2 Å². The molecule has 0 radical (unpaired) electrons. The lowest BCUT2D eigenvalue weighted by Gasteiger charge is -2.17. The minimum Gasteiger partial charge on any atom is -0.480 e. The Morgan fingerprint density at radius 3 is 2.32 bits per heavy atom. The number of hydrogen-bond acceptors (Lipinski definition) is 3. The number of carbonyl (C=O) groups is 2. The molecular formula is C13H17FN2O3. The van der Waals surface area contributed by atoms with Crippen LogP contribution in [0.1, 0.15) is 13.8 Å². The molecule has 3 N–H and O–H groups in total. The summed E-state index contributed by atoms with van der Waals surface area (Å²) in [5, 5.41) is 14.1. The van der Waals surface area contributed by atoms with Gasteiger partial charge >= 0.3 is 5.97 Å². The zero-order chi connectivity index (χ0) is 14.4. The van der Waals surface area contributed by atoms with Crippen molar-refractivity contribution in [3.8, 4) is 0 Å². The predicted octanol–water partition coefficient (Wildman–Crippen LogP) is 1.46. The Hall–Kier alpha value is -1.95. The second-order valence-electron chi connectivity index (χ2n) is 4.50. The summed E-state index contributed by atoms with van der Waals surface area (Å²) in [4.78, 5) is 22.5. The highest BCUT2D eigenvalue weighted by Crippen LogP contribution is 2.08. The van der Waals surface area contributed by atoms with Crippen LogP contribution in [0.2, 0.25) is 0 Å². The zero-order valence-corrected chi connectivity index (χ0v) is 10.8. The van der Waals surface area contributed by atoms with E-state index >= 15 is 0 Å². The lowest BCUT2D eigenvalue weighted by atomic mass is 10.1. The van der Waals surface area contributed by atoms with Crippen LogP contribution in [0.4, 0.5) is 10.1 Å². The van der Waals surface area contributed by atoms with Crippen LogP contribution in [0.15, 0.2) is 24.3 Å². The topological polar surface area (TPSA) is 78.4 Å². The molecule has 0 bridgehead atoms. The lowest BCUT2D eigenvalue weighted by molar-refractivity contribution is -0.140. The Morgan fingerprint density at radius 2 is 1.84 bits per heavy atom. The minimum atomic E-state index is -0.996. The number of anilines is 1. The van der Waals surface area contributed by atoms with Crippen molar-refractivity contribution in [2.24, 2.45) is 5.92 Å². The summed E-state index contributed by atoms with van der Waals surface area (Å²) in [6.07, 6.45) is 0. The standard InChI is InChI=1S/C13H17FN2O3/c1-8(2)12(13(18)19)15-7-11(17)16-10-5-3-9(14)4-6-10/h3-6,8,12,15H,7H2,1-2H3,(H,16,17)(H,18,19). The molecule has 1 aromatic carbocycles. The number of amides is 1. The Balaban J connectivity index is 2.47. The maximum Gasteiger partial charge on any atom is 0.320 e. The highest BCUT2D eigenvalue weighted by Gasteiger charge is 2.21. The van der Waals surface area contributed by atoms with Gasteiger partial charge in [0.1, 0.15) is 11.9 Å². The van der Waals surface area contributed by atoms with Crippen molar-refractivity contribution in [2.45, 2.75) is 19.9 Å². The van der Waals surface area contributed by atoms with Gasteiger partial charge in [-0.2, -0.15) is 0 Å². The van der Waals surface area contributed by atoms with Crippen molar-refractivity contribution in [3.63, 3.8) is 0 Å². The molecule has 5 nitrogen and oxygen atoms in total. The van der Waals surface area contributed by atoms with Crippen molar-refractivity contribution < 1.29 is 19.1 Å². The van der Waals surface area contributed by atoms with Crippen LogP contribution in [-0.2, 0) is 9.59 Å². The first kappa shape index (κ1) is 15.1. The molecule has 1 atom stereocenters. The molecule has 104 valence electrons. The molecule has 1 amide bonds. The van der Waals surface area contributed by atoms with E-state index in [0.29, 0.717) is 5.69 Å². The second kappa shape index (κ2) is 6.84. The molecule has 0 heterocycles. The van der Waals surface area contributed by atoms with Crippen molar-refractivity contribution in [1.82, 2.24) is 5.32 Å². The molecular weight excluding hydrogens is 251 g/mol. The van der Waals surface area contributed by atoms with E-state index in [2.05, 4.69) is 10.6 Å². The molecule has 0 aromatic heterocycles. The fraction of sp³-hybridized carbons (Fsp3) is 0.385. The molecule has 1 aromatic rings. The van der Waals surface area contributed by atoms with E-state index in [-0.39, 0.29) is 24.2 Å². The summed E-state index contributed by atoms with van der Waals surface area (Å²) < 4.78 is 12.7. The molecule has 0 saturated heterocycles. The average Bonchev–Trinajstić information content (AvgIpc) is 2.31. The van der Waals surface area contributed by atoms with E-state index in [4.69, 9.17) is 5.11 Å². The van der Waals surface area contributed by atoms with Gasteiger partial charge in [0, 0.05) is 5.69 Å². The average molecular weight is 268 g/mol. The van der Waals surface area contributed by atoms with Crippen molar-refractivity contribution in [3.05, 3.63) is 30.1 Å². The highest BCUT2D eigenvalue weighted by atomic mass is 19.1. The Bertz CT molecular complexity index is 446. The second-order valence-corrected chi connectivity index (χ2v) is 4.50. The molecule has 1 unspecified atom stereocenters. The highest BCUT2D eigenvalue weighted by molar-refractivity contribution is 5.92. The fourth-order valence-corrected chi connectivity index (χ4v) is 1.55. The summed E-state index contributed by atoms with van der Waals surface area (Å²) in [7, 11) is 0. The van der Waals surface area contributed by atoms with E-state index < -0.39 is 12.0 Å². The van der Waals surface area contributed by atoms with Gasteiger partial charge in [0.05, 0.1) is 6.54 Å². The number of halogens is 1. The van der Waals surface area contributed by atoms with Crippen molar-refractivity contribution >= 4 is 17.6 Å². The van der Waals surface area contributed by atoms with E-state index in [0.717, 1.165) is 0 Å². The zero-order valence-electron chi connectivity index (χ0n) is 10.8. The number of rotatable bonds is 6. The summed E-state index contributed by atoms with van der Waals surface area (Å²) in [6.45, 7) is 3.39. The normalized spacial score (nSPS) is 12.2. The van der Waals surface area contributed by atoms with Gasteiger partial charge in [0.2, 0.25) is 5.91 Å². The van der Waals surface area contributed by atoms with E-state index in [9.17, 15) is 14.0 Å². The molecule has 19 heavy (non-hydrogen) atoms. The first-order chi connectivity index (χ1) is 8.90. The summed E-state index contributed by atoms with van der Waals surface area (Å²) in [6, 6.07) is 4.56. The number of carbonyl (C=O) groups excluding carboxylic acids is 1. The molecule has 0 aliphatic heterocycles. The number of carboxylic acid groups (broad SMARTS) is 1. The van der Waals surface area contributed by atoms with Gasteiger partial charge in [0.15, 0.2) is 0 Å². The van der Waals surface area contributed by atoms with E-state index in [1.807, 2.05) is 0 Å². The smallest absolute Gasteiger partial charge is 0.320 e. The Morgan fingerprint density at radius 1 is 1.26 bits per heavy atom. The molecule has 0 aliphatic carbocycles. The van der Waals surface area contributed by atoms with Crippen molar-refractivity contribution in [1.29, 1.82) is 0 Å². The first-order valence-electron chi connectivity index (χ1n) is 5.91. The van der Waals surface area contributed by atoms with Crippen LogP contribution < -0.4 is 10.6 Å². The number of nitrogens with one attached hydrogen (secondary N) is 2. The maximum atomic E-state index is 12.7. The molecule has 0 spiro atoms. The number of hydrogen-bond donors (Lipinski definition) is 3. The van der Waals surface area contributed by atoms with Crippen LogP contribution in [0.25, 0.3) is 0 Å². The fourth-order valence-electron chi connectivity index (χ4n) is 1.55. The summed E-state index contributed by atoms with van der Waals surface area (Å²) in [5.74, 6) is -1.89. The van der Waals surface area contributed by atoms with Crippen LogP contribution >= 0.6 is 0 Å². The number of benzene rings is 1. The number of aliphatic carboxylic acids is 1. The monoisotopic (exact) mass is 268 g/mol. The number of carboxylic acids is 1.